The van der Waals surface area contributed by atoms with Crippen LogP contribution in [0, 0.1) is 11.3 Å². The highest BCUT2D eigenvalue weighted by molar-refractivity contribution is 5.75. The summed E-state index contributed by atoms with van der Waals surface area (Å²) in [6.45, 7) is 4.17. The molecule has 1 aliphatic rings. The Morgan fingerprint density at radius 2 is 2.36 bits per heavy atom. The SMILES string of the molecule is CNC[C@H](C)C1CCCCN1C(=N)N. The van der Waals surface area contributed by atoms with E-state index in [0.29, 0.717) is 12.0 Å². The minimum Gasteiger partial charge on any atom is -0.370 e. The average molecular weight is 198 g/mol. The van der Waals surface area contributed by atoms with Crippen LogP contribution in [0.25, 0.3) is 0 Å². The summed E-state index contributed by atoms with van der Waals surface area (Å²) in [4.78, 5) is 2.05. The van der Waals surface area contributed by atoms with E-state index in [1.807, 2.05) is 11.9 Å². The van der Waals surface area contributed by atoms with Gasteiger partial charge in [0.05, 0.1) is 0 Å². The molecule has 1 rings (SSSR count). The molecule has 0 amide bonds. The van der Waals surface area contributed by atoms with Crippen molar-refractivity contribution in [2.75, 3.05) is 20.1 Å². The van der Waals surface area contributed by atoms with Crippen LogP contribution < -0.4 is 11.1 Å². The van der Waals surface area contributed by atoms with Crippen molar-refractivity contribution in [3.63, 3.8) is 0 Å². The van der Waals surface area contributed by atoms with E-state index in [2.05, 4.69) is 12.2 Å². The van der Waals surface area contributed by atoms with Gasteiger partial charge >= 0.3 is 0 Å². The first-order chi connectivity index (χ1) is 6.66. The van der Waals surface area contributed by atoms with Crippen LogP contribution in [0.1, 0.15) is 26.2 Å². The monoisotopic (exact) mass is 198 g/mol. The van der Waals surface area contributed by atoms with E-state index in [1.54, 1.807) is 0 Å². The van der Waals surface area contributed by atoms with Gasteiger partial charge in [0.15, 0.2) is 5.96 Å². The van der Waals surface area contributed by atoms with Gasteiger partial charge in [-0.2, -0.15) is 0 Å². The molecule has 4 nitrogen and oxygen atoms in total. The van der Waals surface area contributed by atoms with E-state index in [-0.39, 0.29) is 5.96 Å². The van der Waals surface area contributed by atoms with E-state index in [4.69, 9.17) is 11.1 Å². The molecule has 0 aliphatic carbocycles. The quantitative estimate of drug-likeness (QED) is 0.459. The average Bonchev–Trinajstić information content (AvgIpc) is 2.18. The molecule has 0 bridgehead atoms. The van der Waals surface area contributed by atoms with Crippen LogP contribution in [-0.4, -0.2) is 37.0 Å². The molecule has 0 saturated carbocycles. The predicted octanol–water partition coefficient (Wildman–Crippen LogP) is 0.590. The summed E-state index contributed by atoms with van der Waals surface area (Å²) < 4.78 is 0. The number of hydrogen-bond donors (Lipinski definition) is 3. The summed E-state index contributed by atoms with van der Waals surface area (Å²) in [5.74, 6) is 0.793. The van der Waals surface area contributed by atoms with E-state index in [1.165, 1.54) is 19.3 Å². The molecule has 4 N–H and O–H groups in total. The van der Waals surface area contributed by atoms with Gasteiger partial charge in [0.25, 0.3) is 0 Å². The minimum atomic E-state index is 0.234. The van der Waals surface area contributed by atoms with Crippen LogP contribution in [0.2, 0.25) is 0 Å². The molecule has 0 aromatic rings. The number of guanidine groups is 1. The zero-order valence-electron chi connectivity index (χ0n) is 9.21. The third-order valence-electron chi connectivity index (χ3n) is 3.04. The minimum absolute atomic E-state index is 0.234. The van der Waals surface area contributed by atoms with E-state index < -0.39 is 0 Å². The number of likely N-dealkylation sites (tertiary alicyclic amines) is 1. The van der Waals surface area contributed by atoms with Crippen LogP contribution in [0.3, 0.4) is 0 Å². The van der Waals surface area contributed by atoms with Crippen molar-refractivity contribution in [3.05, 3.63) is 0 Å². The highest BCUT2D eigenvalue weighted by Gasteiger charge is 2.27. The molecule has 14 heavy (non-hydrogen) atoms. The maximum absolute atomic E-state index is 7.53. The number of piperidine rings is 1. The van der Waals surface area contributed by atoms with Crippen molar-refractivity contribution in [1.82, 2.24) is 10.2 Å². The van der Waals surface area contributed by atoms with Gasteiger partial charge in [-0.3, -0.25) is 5.41 Å². The van der Waals surface area contributed by atoms with Crippen molar-refractivity contribution >= 4 is 5.96 Å². The summed E-state index contributed by atoms with van der Waals surface area (Å²) >= 11 is 0. The molecule has 0 spiro atoms. The maximum Gasteiger partial charge on any atom is 0.188 e. The lowest BCUT2D eigenvalue weighted by molar-refractivity contribution is 0.179. The molecule has 2 atom stereocenters. The molecule has 1 unspecified atom stereocenters. The van der Waals surface area contributed by atoms with Crippen molar-refractivity contribution < 1.29 is 0 Å². The first-order valence-electron chi connectivity index (χ1n) is 5.42. The Morgan fingerprint density at radius 1 is 1.64 bits per heavy atom. The highest BCUT2D eigenvalue weighted by atomic mass is 15.3. The van der Waals surface area contributed by atoms with Crippen LogP contribution in [0.4, 0.5) is 0 Å². The van der Waals surface area contributed by atoms with Gasteiger partial charge in [0.1, 0.15) is 0 Å². The molecule has 82 valence electrons. The van der Waals surface area contributed by atoms with Crippen LogP contribution in [-0.2, 0) is 0 Å². The normalized spacial score (nSPS) is 24.7. The fraction of sp³-hybridized carbons (Fsp3) is 0.900. The van der Waals surface area contributed by atoms with Gasteiger partial charge in [0, 0.05) is 12.6 Å². The summed E-state index contributed by atoms with van der Waals surface area (Å²) in [6, 6.07) is 0.452. The lowest BCUT2D eigenvalue weighted by Crippen LogP contribution is -2.51. The zero-order valence-corrected chi connectivity index (χ0v) is 9.21. The van der Waals surface area contributed by atoms with Gasteiger partial charge in [0.2, 0.25) is 0 Å². The Hall–Kier alpha value is -0.770. The number of nitrogens with one attached hydrogen (secondary N) is 2. The second kappa shape index (κ2) is 5.20. The maximum atomic E-state index is 7.53. The smallest absolute Gasteiger partial charge is 0.188 e. The van der Waals surface area contributed by atoms with Gasteiger partial charge in [-0.15, -0.1) is 0 Å². The van der Waals surface area contributed by atoms with Crippen molar-refractivity contribution in [3.8, 4) is 0 Å². The Morgan fingerprint density at radius 3 is 2.93 bits per heavy atom. The van der Waals surface area contributed by atoms with E-state index in [9.17, 15) is 0 Å². The van der Waals surface area contributed by atoms with E-state index in [0.717, 1.165) is 13.1 Å². The van der Waals surface area contributed by atoms with Crippen molar-refractivity contribution in [2.24, 2.45) is 11.7 Å². The fourth-order valence-electron chi connectivity index (χ4n) is 2.31. The Kier molecular flexibility index (Phi) is 4.20. The molecule has 1 saturated heterocycles. The molecule has 1 heterocycles. The first kappa shape index (κ1) is 11.3. The van der Waals surface area contributed by atoms with Crippen LogP contribution in [0.5, 0.6) is 0 Å². The molecule has 4 heteroatoms. The molecular formula is C10H22N4. The third-order valence-corrected chi connectivity index (χ3v) is 3.04. The zero-order chi connectivity index (χ0) is 10.6. The Balaban J connectivity index is 2.57. The third kappa shape index (κ3) is 2.61. The molecule has 1 fully saturated rings. The van der Waals surface area contributed by atoms with Gasteiger partial charge in [-0.25, -0.2) is 0 Å². The molecule has 0 aromatic carbocycles. The summed E-state index contributed by atoms with van der Waals surface area (Å²) in [6.07, 6.45) is 3.60. The first-order valence-corrected chi connectivity index (χ1v) is 5.42. The summed E-state index contributed by atoms with van der Waals surface area (Å²) in [5, 5.41) is 10.7. The lowest BCUT2D eigenvalue weighted by atomic mass is 9.91. The van der Waals surface area contributed by atoms with Crippen LogP contribution in [0.15, 0.2) is 0 Å². The number of nitrogens with zero attached hydrogens (tertiary/aromatic N) is 1. The molecular weight excluding hydrogens is 176 g/mol. The van der Waals surface area contributed by atoms with Crippen molar-refractivity contribution in [1.29, 1.82) is 5.41 Å². The highest BCUT2D eigenvalue weighted by Crippen LogP contribution is 2.22. The van der Waals surface area contributed by atoms with Gasteiger partial charge < -0.3 is 16.0 Å². The summed E-state index contributed by atoms with van der Waals surface area (Å²) in [5.41, 5.74) is 5.58. The topological polar surface area (TPSA) is 65.1 Å². The second-order valence-electron chi connectivity index (χ2n) is 4.18. The van der Waals surface area contributed by atoms with E-state index >= 15 is 0 Å². The summed E-state index contributed by atoms with van der Waals surface area (Å²) in [7, 11) is 1.97. The largest absolute Gasteiger partial charge is 0.370 e. The van der Waals surface area contributed by atoms with Crippen LogP contribution >= 0.6 is 0 Å². The predicted molar refractivity (Wildman–Crippen MR) is 59.3 cm³/mol. The number of nitrogens with two attached hydrogens (primary N) is 1. The lowest BCUT2D eigenvalue weighted by Gasteiger charge is -2.39. The van der Waals surface area contributed by atoms with Gasteiger partial charge in [-0.1, -0.05) is 6.92 Å². The Bertz CT molecular complexity index is 193. The number of hydrogen-bond acceptors (Lipinski definition) is 2. The van der Waals surface area contributed by atoms with Gasteiger partial charge in [-0.05, 0) is 38.8 Å². The molecule has 0 aromatic heterocycles. The fourth-order valence-corrected chi connectivity index (χ4v) is 2.31. The number of rotatable bonds is 3. The molecule has 1 aliphatic heterocycles. The van der Waals surface area contributed by atoms with Crippen molar-refractivity contribution in [2.45, 2.75) is 32.2 Å². The Labute approximate surface area is 86.4 Å². The molecule has 0 radical (unpaired) electrons. The second-order valence-corrected chi connectivity index (χ2v) is 4.18. The standard InChI is InChI=1S/C10H22N4/c1-8(7-13-2)9-5-3-4-6-14(9)10(11)12/h8-9,13H,3-7H2,1-2H3,(H3,11,12)/t8-,9?/m0/s1.